The Labute approximate surface area is 80.9 Å². The van der Waals surface area contributed by atoms with Gasteiger partial charge >= 0.3 is 0 Å². The van der Waals surface area contributed by atoms with E-state index in [1.807, 2.05) is 0 Å². The molecule has 2 rings (SSSR count). The zero-order valence-corrected chi connectivity index (χ0v) is 8.58. The van der Waals surface area contributed by atoms with Crippen LogP contribution in [0.5, 0.6) is 0 Å². The van der Waals surface area contributed by atoms with E-state index in [9.17, 15) is 0 Å². The summed E-state index contributed by atoms with van der Waals surface area (Å²) in [6.45, 7) is 4.63. The van der Waals surface area contributed by atoms with E-state index in [1.54, 1.807) is 0 Å². The molecule has 0 saturated carbocycles. The Hall–Kier alpha value is -0.120. The van der Waals surface area contributed by atoms with Gasteiger partial charge in [-0.25, -0.2) is 0 Å². The van der Waals surface area contributed by atoms with Gasteiger partial charge < -0.3 is 10.6 Å². The second-order valence-corrected chi connectivity index (χ2v) is 4.47. The van der Waals surface area contributed by atoms with E-state index in [0.29, 0.717) is 6.04 Å². The maximum Gasteiger partial charge on any atom is 0.0238 e. The van der Waals surface area contributed by atoms with E-state index >= 15 is 0 Å². The van der Waals surface area contributed by atoms with Crippen molar-refractivity contribution in [3.63, 3.8) is 0 Å². The second kappa shape index (κ2) is 3.95. The molecule has 2 aliphatic rings. The van der Waals surface area contributed by atoms with Crippen molar-refractivity contribution in [3.05, 3.63) is 0 Å². The van der Waals surface area contributed by atoms with Crippen molar-refractivity contribution in [2.24, 2.45) is 5.73 Å². The van der Waals surface area contributed by atoms with Gasteiger partial charge in [0, 0.05) is 25.2 Å². The summed E-state index contributed by atoms with van der Waals surface area (Å²) in [4.78, 5) is 5.07. The van der Waals surface area contributed by atoms with Gasteiger partial charge in [0.15, 0.2) is 0 Å². The number of nitrogens with zero attached hydrogens (tertiary/aromatic N) is 2. The van der Waals surface area contributed by atoms with E-state index < -0.39 is 0 Å². The van der Waals surface area contributed by atoms with E-state index in [4.69, 9.17) is 5.73 Å². The molecule has 0 aromatic rings. The van der Waals surface area contributed by atoms with Gasteiger partial charge in [-0.2, -0.15) is 0 Å². The predicted octanol–water partition coefficient (Wildman–Crippen LogP) is 0.114. The fourth-order valence-corrected chi connectivity index (χ4v) is 2.77. The summed E-state index contributed by atoms with van der Waals surface area (Å²) in [5, 5.41) is 0. The topological polar surface area (TPSA) is 32.5 Å². The summed E-state index contributed by atoms with van der Waals surface area (Å²) in [5.74, 6) is 0. The van der Waals surface area contributed by atoms with E-state index in [1.165, 1.54) is 38.9 Å². The summed E-state index contributed by atoms with van der Waals surface area (Å²) in [6.07, 6.45) is 4.01. The van der Waals surface area contributed by atoms with Crippen molar-refractivity contribution in [2.45, 2.75) is 31.3 Å². The minimum Gasteiger partial charge on any atom is -0.329 e. The minimum atomic E-state index is 0.677. The SMILES string of the molecule is CN1CCC(N2CCCC2CN)C1. The number of likely N-dealkylation sites (N-methyl/N-ethyl adjacent to an activating group) is 1. The van der Waals surface area contributed by atoms with Crippen molar-refractivity contribution in [1.82, 2.24) is 9.80 Å². The van der Waals surface area contributed by atoms with Crippen LogP contribution in [0.4, 0.5) is 0 Å². The second-order valence-electron chi connectivity index (χ2n) is 4.47. The maximum atomic E-state index is 5.77. The lowest BCUT2D eigenvalue weighted by molar-refractivity contribution is 0.185. The molecular formula is C10H21N3. The first-order valence-electron chi connectivity index (χ1n) is 5.45. The van der Waals surface area contributed by atoms with Crippen molar-refractivity contribution < 1.29 is 0 Å². The van der Waals surface area contributed by atoms with Crippen LogP contribution >= 0.6 is 0 Å². The fraction of sp³-hybridized carbons (Fsp3) is 1.00. The highest BCUT2D eigenvalue weighted by molar-refractivity contribution is 4.89. The third-order valence-corrected chi connectivity index (χ3v) is 3.53. The molecule has 0 aromatic heterocycles. The molecule has 76 valence electrons. The average Bonchev–Trinajstić information content (AvgIpc) is 2.71. The van der Waals surface area contributed by atoms with Crippen LogP contribution in [0.15, 0.2) is 0 Å². The van der Waals surface area contributed by atoms with Gasteiger partial charge in [-0.1, -0.05) is 0 Å². The van der Waals surface area contributed by atoms with Crippen LogP contribution in [0, 0.1) is 0 Å². The number of nitrogens with two attached hydrogens (primary N) is 1. The highest BCUT2D eigenvalue weighted by atomic mass is 15.3. The van der Waals surface area contributed by atoms with Crippen LogP contribution in [0.25, 0.3) is 0 Å². The van der Waals surface area contributed by atoms with Gasteiger partial charge in [0.1, 0.15) is 0 Å². The fourth-order valence-electron chi connectivity index (χ4n) is 2.77. The summed E-state index contributed by atoms with van der Waals surface area (Å²) >= 11 is 0. The third kappa shape index (κ3) is 1.87. The molecule has 2 heterocycles. The van der Waals surface area contributed by atoms with Gasteiger partial charge in [-0.05, 0) is 39.4 Å². The molecule has 13 heavy (non-hydrogen) atoms. The van der Waals surface area contributed by atoms with Gasteiger partial charge in [-0.15, -0.1) is 0 Å². The Morgan fingerprint density at radius 1 is 1.31 bits per heavy atom. The smallest absolute Gasteiger partial charge is 0.0238 e. The summed E-state index contributed by atoms with van der Waals surface area (Å²) in [5.41, 5.74) is 5.77. The summed E-state index contributed by atoms with van der Waals surface area (Å²) < 4.78 is 0. The number of hydrogen-bond acceptors (Lipinski definition) is 3. The standard InChI is InChI=1S/C10H21N3/c1-12-6-4-10(8-12)13-5-2-3-9(13)7-11/h9-10H,2-8,11H2,1H3. The lowest BCUT2D eigenvalue weighted by atomic mass is 10.1. The molecule has 0 aliphatic carbocycles. The highest BCUT2D eigenvalue weighted by Gasteiger charge is 2.32. The number of likely N-dealkylation sites (tertiary alicyclic amines) is 2. The highest BCUT2D eigenvalue weighted by Crippen LogP contribution is 2.24. The quantitative estimate of drug-likeness (QED) is 0.660. The molecule has 0 aromatic carbocycles. The van der Waals surface area contributed by atoms with Crippen LogP contribution in [-0.2, 0) is 0 Å². The molecule has 0 bridgehead atoms. The predicted molar refractivity (Wildman–Crippen MR) is 54.7 cm³/mol. The zero-order chi connectivity index (χ0) is 9.26. The maximum absolute atomic E-state index is 5.77. The lowest BCUT2D eigenvalue weighted by Crippen LogP contribution is -2.43. The monoisotopic (exact) mass is 183 g/mol. The molecule has 2 aliphatic heterocycles. The van der Waals surface area contributed by atoms with Gasteiger partial charge in [-0.3, -0.25) is 4.90 Å². The Morgan fingerprint density at radius 2 is 2.15 bits per heavy atom. The molecule has 2 unspecified atom stereocenters. The van der Waals surface area contributed by atoms with Crippen LogP contribution < -0.4 is 5.73 Å². The molecule has 2 fully saturated rings. The Kier molecular flexibility index (Phi) is 2.86. The Morgan fingerprint density at radius 3 is 2.77 bits per heavy atom. The lowest BCUT2D eigenvalue weighted by Gasteiger charge is -2.29. The first kappa shape index (κ1) is 9.44. The van der Waals surface area contributed by atoms with Crippen molar-refractivity contribution >= 4 is 0 Å². The van der Waals surface area contributed by atoms with Crippen molar-refractivity contribution in [3.8, 4) is 0 Å². The van der Waals surface area contributed by atoms with Crippen molar-refractivity contribution in [1.29, 1.82) is 0 Å². The normalized spacial score (nSPS) is 37.4. The third-order valence-electron chi connectivity index (χ3n) is 3.53. The minimum absolute atomic E-state index is 0.677. The van der Waals surface area contributed by atoms with Crippen molar-refractivity contribution in [2.75, 3.05) is 33.2 Å². The Balaban J connectivity index is 1.92. The van der Waals surface area contributed by atoms with Crippen LogP contribution in [0.3, 0.4) is 0 Å². The van der Waals surface area contributed by atoms with E-state index in [0.717, 1.165) is 12.6 Å². The zero-order valence-electron chi connectivity index (χ0n) is 8.58. The van der Waals surface area contributed by atoms with Gasteiger partial charge in [0.2, 0.25) is 0 Å². The molecule has 2 saturated heterocycles. The van der Waals surface area contributed by atoms with Crippen LogP contribution in [-0.4, -0.2) is 55.1 Å². The average molecular weight is 183 g/mol. The largest absolute Gasteiger partial charge is 0.329 e. The van der Waals surface area contributed by atoms with Crippen LogP contribution in [0.1, 0.15) is 19.3 Å². The molecule has 2 atom stereocenters. The first-order valence-corrected chi connectivity index (χ1v) is 5.45. The molecule has 0 amide bonds. The molecule has 0 radical (unpaired) electrons. The van der Waals surface area contributed by atoms with E-state index in [-0.39, 0.29) is 0 Å². The summed E-state index contributed by atoms with van der Waals surface area (Å²) in [6, 6.07) is 1.47. The summed E-state index contributed by atoms with van der Waals surface area (Å²) in [7, 11) is 2.22. The number of hydrogen-bond donors (Lipinski definition) is 1. The molecule has 3 heteroatoms. The Bertz CT molecular complexity index is 172. The molecule has 0 spiro atoms. The number of rotatable bonds is 2. The van der Waals surface area contributed by atoms with Gasteiger partial charge in [0.25, 0.3) is 0 Å². The molecule has 2 N–H and O–H groups in total. The molecular weight excluding hydrogens is 162 g/mol. The van der Waals surface area contributed by atoms with Crippen LogP contribution in [0.2, 0.25) is 0 Å². The first-order chi connectivity index (χ1) is 6.31. The van der Waals surface area contributed by atoms with Gasteiger partial charge in [0.05, 0.1) is 0 Å². The van der Waals surface area contributed by atoms with E-state index in [2.05, 4.69) is 16.8 Å². The molecule has 3 nitrogen and oxygen atoms in total.